The zero-order valence-electron chi connectivity index (χ0n) is 5.76. The Bertz CT molecular complexity index is 126. The van der Waals surface area contributed by atoms with E-state index < -0.39 is 0 Å². The highest BCUT2D eigenvalue weighted by Gasteiger charge is 1.82. The van der Waals surface area contributed by atoms with Crippen LogP contribution in [0.2, 0.25) is 0 Å². The molecule has 0 atom stereocenters. The maximum Gasteiger partial charge on any atom is 0.105 e. The minimum absolute atomic E-state index is 0.993. The van der Waals surface area contributed by atoms with Crippen molar-refractivity contribution in [3.8, 4) is 0 Å². The molecule has 1 heterocycles. The third-order valence-electron chi connectivity index (χ3n) is 0.890. The van der Waals surface area contributed by atoms with E-state index in [1.807, 2.05) is 6.20 Å². The molecule has 0 aromatic carbocycles. The highest BCUT2D eigenvalue weighted by atomic mass is 16.2. The second-order valence-corrected chi connectivity index (χ2v) is 1.39. The van der Waals surface area contributed by atoms with Crippen molar-refractivity contribution in [2.24, 2.45) is 0 Å². The molecule has 0 fully saturated rings. The number of rotatable bonds is 1. The molecule has 0 bridgehead atoms. The number of aryl methyl sites for hydroxylation is 1. The molecule has 0 unspecified atom stereocenters. The fourth-order valence-corrected chi connectivity index (χ4v) is 0.491. The first-order valence-corrected chi connectivity index (χ1v) is 2.86. The van der Waals surface area contributed by atoms with Crippen LogP contribution in [-0.4, -0.2) is 22.2 Å². The average Bonchev–Trinajstić information content (AvgIpc) is 2.43. The van der Waals surface area contributed by atoms with Gasteiger partial charge in [0.2, 0.25) is 0 Å². The Kier molecular flexibility index (Phi) is 4.82. The lowest BCUT2D eigenvalue weighted by Gasteiger charge is -1.79. The van der Waals surface area contributed by atoms with Gasteiger partial charge in [-0.05, 0) is 0 Å². The van der Waals surface area contributed by atoms with Crippen LogP contribution in [0, 0.1) is 0 Å². The zero-order valence-corrected chi connectivity index (χ0v) is 5.76. The van der Waals surface area contributed by atoms with Crippen LogP contribution in [0.15, 0.2) is 12.4 Å². The first kappa shape index (κ1) is 8.17. The number of nitrogens with zero attached hydrogens (tertiary/aromatic N) is 1. The van der Waals surface area contributed by atoms with Crippen molar-refractivity contribution >= 4 is 0 Å². The van der Waals surface area contributed by atoms with E-state index in [1.54, 1.807) is 6.20 Å². The minimum Gasteiger partial charge on any atom is -0.400 e. The molecular formula is C6H12N2O. The van der Waals surface area contributed by atoms with Crippen molar-refractivity contribution in [3.63, 3.8) is 0 Å². The lowest BCUT2D eigenvalue weighted by molar-refractivity contribution is 0.399. The number of hydrogen-bond acceptors (Lipinski definition) is 2. The third kappa shape index (κ3) is 2.87. The minimum atomic E-state index is 0.993. The number of hydrogen-bond donors (Lipinski definition) is 2. The number of aliphatic hydroxyl groups excluding tert-OH is 1. The second-order valence-electron chi connectivity index (χ2n) is 1.39. The average molecular weight is 128 g/mol. The predicted molar refractivity (Wildman–Crippen MR) is 36.1 cm³/mol. The number of aromatic amines is 1. The van der Waals surface area contributed by atoms with E-state index in [-0.39, 0.29) is 0 Å². The van der Waals surface area contributed by atoms with E-state index in [4.69, 9.17) is 5.11 Å². The SMILES string of the molecule is CCc1ncc[nH]1.CO. The number of aliphatic hydroxyl groups is 1. The van der Waals surface area contributed by atoms with Crippen LogP contribution in [0.25, 0.3) is 0 Å². The van der Waals surface area contributed by atoms with Gasteiger partial charge in [-0.1, -0.05) is 6.92 Å². The van der Waals surface area contributed by atoms with Crippen LogP contribution in [0.1, 0.15) is 12.7 Å². The molecule has 52 valence electrons. The molecule has 0 saturated carbocycles. The molecule has 0 radical (unpaired) electrons. The summed E-state index contributed by atoms with van der Waals surface area (Å²) in [6, 6.07) is 0. The third-order valence-corrected chi connectivity index (χ3v) is 0.890. The molecule has 9 heavy (non-hydrogen) atoms. The highest BCUT2D eigenvalue weighted by molar-refractivity contribution is 4.84. The first-order chi connectivity index (χ1) is 4.43. The first-order valence-electron chi connectivity index (χ1n) is 2.86. The van der Waals surface area contributed by atoms with Gasteiger partial charge in [-0.25, -0.2) is 4.98 Å². The summed E-state index contributed by atoms with van der Waals surface area (Å²) in [5.74, 6) is 1.06. The normalized spacial score (nSPS) is 7.89. The quantitative estimate of drug-likeness (QED) is 0.581. The van der Waals surface area contributed by atoms with Crippen molar-refractivity contribution in [3.05, 3.63) is 18.2 Å². The van der Waals surface area contributed by atoms with Gasteiger partial charge in [-0.2, -0.15) is 0 Å². The van der Waals surface area contributed by atoms with Crippen LogP contribution < -0.4 is 0 Å². The van der Waals surface area contributed by atoms with Crippen molar-refractivity contribution in [1.29, 1.82) is 0 Å². The van der Waals surface area contributed by atoms with Gasteiger partial charge in [0.15, 0.2) is 0 Å². The van der Waals surface area contributed by atoms with Crippen LogP contribution in [-0.2, 0) is 6.42 Å². The summed E-state index contributed by atoms with van der Waals surface area (Å²) in [5, 5.41) is 7.00. The lowest BCUT2D eigenvalue weighted by Crippen LogP contribution is -1.78. The van der Waals surface area contributed by atoms with Gasteiger partial charge in [0, 0.05) is 25.9 Å². The summed E-state index contributed by atoms with van der Waals surface area (Å²) in [6.07, 6.45) is 4.59. The fraction of sp³-hybridized carbons (Fsp3) is 0.500. The molecule has 1 aromatic heterocycles. The lowest BCUT2D eigenvalue weighted by atomic mass is 10.5. The van der Waals surface area contributed by atoms with Crippen LogP contribution in [0.3, 0.4) is 0 Å². The van der Waals surface area contributed by atoms with Gasteiger partial charge in [0.05, 0.1) is 0 Å². The topological polar surface area (TPSA) is 48.9 Å². The van der Waals surface area contributed by atoms with Crippen LogP contribution in [0.4, 0.5) is 0 Å². The smallest absolute Gasteiger partial charge is 0.105 e. The molecule has 0 saturated heterocycles. The van der Waals surface area contributed by atoms with E-state index in [1.165, 1.54) is 0 Å². The van der Waals surface area contributed by atoms with Crippen LogP contribution in [0.5, 0.6) is 0 Å². The molecule has 0 amide bonds. The van der Waals surface area contributed by atoms with E-state index in [0.29, 0.717) is 0 Å². The van der Waals surface area contributed by atoms with Gasteiger partial charge in [0.25, 0.3) is 0 Å². The van der Waals surface area contributed by atoms with Crippen molar-refractivity contribution < 1.29 is 5.11 Å². The van der Waals surface area contributed by atoms with E-state index in [2.05, 4.69) is 16.9 Å². The molecule has 2 N–H and O–H groups in total. The summed E-state index contributed by atoms with van der Waals surface area (Å²) < 4.78 is 0. The Labute approximate surface area is 54.8 Å². The predicted octanol–water partition coefficient (Wildman–Crippen LogP) is 0.581. The maximum atomic E-state index is 7.00. The largest absolute Gasteiger partial charge is 0.400 e. The van der Waals surface area contributed by atoms with Crippen molar-refractivity contribution in [2.75, 3.05) is 7.11 Å². The molecule has 0 aliphatic rings. The monoisotopic (exact) mass is 128 g/mol. The Hall–Kier alpha value is -0.830. The molecule has 3 nitrogen and oxygen atoms in total. The Balaban J connectivity index is 0.000000291. The molecule has 1 aromatic rings. The Morgan fingerprint density at radius 1 is 1.67 bits per heavy atom. The summed E-state index contributed by atoms with van der Waals surface area (Å²) in [7, 11) is 1.00. The highest BCUT2D eigenvalue weighted by Crippen LogP contribution is 1.85. The van der Waals surface area contributed by atoms with Gasteiger partial charge in [-0.3, -0.25) is 0 Å². The van der Waals surface area contributed by atoms with E-state index in [9.17, 15) is 0 Å². The van der Waals surface area contributed by atoms with Gasteiger partial charge >= 0.3 is 0 Å². The van der Waals surface area contributed by atoms with E-state index >= 15 is 0 Å². The molecular weight excluding hydrogens is 116 g/mol. The molecule has 0 aliphatic heterocycles. The molecule has 1 rings (SSSR count). The summed E-state index contributed by atoms with van der Waals surface area (Å²) >= 11 is 0. The Morgan fingerprint density at radius 2 is 2.33 bits per heavy atom. The number of aromatic nitrogens is 2. The van der Waals surface area contributed by atoms with Crippen molar-refractivity contribution in [1.82, 2.24) is 9.97 Å². The number of H-pyrrole nitrogens is 1. The van der Waals surface area contributed by atoms with Gasteiger partial charge in [0.1, 0.15) is 5.82 Å². The van der Waals surface area contributed by atoms with E-state index in [0.717, 1.165) is 19.4 Å². The maximum absolute atomic E-state index is 7.00. The van der Waals surface area contributed by atoms with Crippen molar-refractivity contribution in [2.45, 2.75) is 13.3 Å². The van der Waals surface area contributed by atoms with Crippen LogP contribution >= 0.6 is 0 Å². The van der Waals surface area contributed by atoms with Gasteiger partial charge < -0.3 is 10.1 Å². The Morgan fingerprint density at radius 3 is 2.56 bits per heavy atom. The standard InChI is InChI=1S/C5H8N2.CH4O/c1-2-5-6-3-4-7-5;1-2/h3-4H,2H2,1H3,(H,6,7);2H,1H3. The second kappa shape index (κ2) is 5.31. The fourth-order valence-electron chi connectivity index (χ4n) is 0.491. The summed E-state index contributed by atoms with van der Waals surface area (Å²) in [4.78, 5) is 6.95. The number of nitrogens with one attached hydrogen (secondary N) is 1. The molecule has 0 aliphatic carbocycles. The van der Waals surface area contributed by atoms with Gasteiger partial charge in [-0.15, -0.1) is 0 Å². The molecule has 0 spiro atoms. The summed E-state index contributed by atoms with van der Waals surface area (Å²) in [5.41, 5.74) is 0. The number of imidazole rings is 1. The zero-order chi connectivity index (χ0) is 7.11. The molecule has 3 heteroatoms. The summed E-state index contributed by atoms with van der Waals surface area (Å²) in [6.45, 7) is 2.07.